The zero-order chi connectivity index (χ0) is 26.7. The molecule has 0 fully saturated rings. The molecule has 0 saturated heterocycles. The van der Waals surface area contributed by atoms with Crippen molar-refractivity contribution in [2.24, 2.45) is 0 Å². The van der Waals surface area contributed by atoms with Gasteiger partial charge in [0.25, 0.3) is 5.91 Å². The highest BCUT2D eigenvalue weighted by Gasteiger charge is 2.31. The Kier molecular flexibility index (Phi) is 7.45. The van der Waals surface area contributed by atoms with Gasteiger partial charge in [-0.2, -0.15) is 13.2 Å². The molecule has 0 atom stereocenters. The van der Waals surface area contributed by atoms with Crippen LogP contribution in [-0.4, -0.2) is 48.5 Å². The van der Waals surface area contributed by atoms with Crippen molar-refractivity contribution >= 4 is 28.4 Å². The smallest absolute Gasteiger partial charge is 0.357 e. The summed E-state index contributed by atoms with van der Waals surface area (Å²) in [5, 5.41) is 6.48. The minimum atomic E-state index is -4.51. The normalized spacial score (nSPS) is 11.7. The number of nitrogens with zero attached hydrogens (tertiary/aromatic N) is 3. The summed E-state index contributed by atoms with van der Waals surface area (Å²) in [7, 11) is 5.52. The van der Waals surface area contributed by atoms with Crippen LogP contribution in [0.2, 0.25) is 0 Å². The third kappa shape index (κ3) is 6.06. The maximum absolute atomic E-state index is 13.4. The molecule has 0 spiro atoms. The Morgan fingerprint density at radius 3 is 2.51 bits per heavy atom. The minimum Gasteiger partial charge on any atom is -0.357 e. The third-order valence-corrected chi connectivity index (χ3v) is 6.13. The Morgan fingerprint density at radius 2 is 1.81 bits per heavy atom. The highest BCUT2D eigenvalue weighted by Crippen LogP contribution is 2.33. The van der Waals surface area contributed by atoms with Crippen LogP contribution in [0.15, 0.2) is 60.8 Å². The first-order chi connectivity index (χ1) is 17.5. The molecular weight excluding hydrogens is 479 g/mol. The molecule has 0 aliphatic heterocycles. The third-order valence-electron chi connectivity index (χ3n) is 6.13. The van der Waals surface area contributed by atoms with E-state index in [0.717, 1.165) is 39.7 Å². The predicted molar refractivity (Wildman–Crippen MR) is 141 cm³/mol. The van der Waals surface area contributed by atoms with E-state index in [2.05, 4.69) is 20.6 Å². The van der Waals surface area contributed by atoms with Crippen molar-refractivity contribution in [3.05, 3.63) is 83.0 Å². The molecule has 192 valence electrons. The quantitative estimate of drug-likeness (QED) is 0.320. The van der Waals surface area contributed by atoms with Crippen LogP contribution in [0.4, 0.5) is 24.8 Å². The van der Waals surface area contributed by atoms with Gasteiger partial charge >= 0.3 is 6.18 Å². The van der Waals surface area contributed by atoms with Gasteiger partial charge in [0.05, 0.1) is 11.1 Å². The number of carbonyl (C=O) groups is 1. The Balaban J connectivity index is 1.66. The summed E-state index contributed by atoms with van der Waals surface area (Å²) >= 11 is 0. The minimum absolute atomic E-state index is 0.159. The molecule has 6 nitrogen and oxygen atoms in total. The fraction of sp³-hybridized carbons (Fsp3) is 0.250. The van der Waals surface area contributed by atoms with Gasteiger partial charge in [-0.15, -0.1) is 0 Å². The van der Waals surface area contributed by atoms with E-state index in [9.17, 15) is 18.0 Å². The van der Waals surface area contributed by atoms with Gasteiger partial charge in [-0.05, 0) is 86.1 Å². The average molecular weight is 508 g/mol. The molecule has 1 heterocycles. The molecule has 1 amide bonds. The molecule has 0 aliphatic carbocycles. The molecule has 0 aliphatic rings. The van der Waals surface area contributed by atoms with E-state index >= 15 is 0 Å². The van der Waals surface area contributed by atoms with Crippen LogP contribution in [0.3, 0.4) is 0 Å². The summed E-state index contributed by atoms with van der Waals surface area (Å²) in [5.74, 6) is 0.0455. The Labute approximate surface area is 213 Å². The SMILES string of the molecule is CNc1ncc2cc(-c3cc(C(=O)Nc4cc(C(F)(F)F)ccc4CCN(C)C)ccc3C)ccc2n1. The van der Waals surface area contributed by atoms with Crippen LogP contribution in [-0.2, 0) is 12.6 Å². The number of hydrogen-bond acceptors (Lipinski definition) is 5. The van der Waals surface area contributed by atoms with Gasteiger partial charge in [0.2, 0.25) is 5.95 Å². The molecule has 4 rings (SSSR count). The number of alkyl halides is 3. The molecule has 3 aromatic carbocycles. The van der Waals surface area contributed by atoms with E-state index in [1.807, 2.05) is 50.2 Å². The van der Waals surface area contributed by atoms with E-state index in [1.54, 1.807) is 25.4 Å². The summed E-state index contributed by atoms with van der Waals surface area (Å²) in [6.07, 6.45) is -2.29. The fourth-order valence-electron chi connectivity index (χ4n) is 4.02. The van der Waals surface area contributed by atoms with E-state index in [-0.39, 0.29) is 5.69 Å². The number of likely N-dealkylation sites (N-methyl/N-ethyl adjacent to an activating group) is 1. The van der Waals surface area contributed by atoms with Gasteiger partial charge in [0, 0.05) is 36.4 Å². The summed E-state index contributed by atoms with van der Waals surface area (Å²) in [6, 6.07) is 14.5. The zero-order valence-corrected chi connectivity index (χ0v) is 21.1. The second kappa shape index (κ2) is 10.6. The number of nitrogens with one attached hydrogen (secondary N) is 2. The second-order valence-electron chi connectivity index (χ2n) is 9.12. The van der Waals surface area contributed by atoms with Gasteiger partial charge in [0.15, 0.2) is 0 Å². The molecule has 0 radical (unpaired) electrons. The number of amides is 1. The molecule has 0 unspecified atom stereocenters. The van der Waals surface area contributed by atoms with Gasteiger partial charge < -0.3 is 15.5 Å². The number of carbonyl (C=O) groups excluding carboxylic acids is 1. The number of aryl methyl sites for hydroxylation is 1. The summed E-state index contributed by atoms with van der Waals surface area (Å²) < 4.78 is 40.1. The molecular formula is C28H28F3N5O. The number of fused-ring (bicyclic) bond motifs is 1. The van der Waals surface area contributed by atoms with Crippen molar-refractivity contribution < 1.29 is 18.0 Å². The number of rotatable bonds is 7. The Morgan fingerprint density at radius 1 is 1.03 bits per heavy atom. The van der Waals surface area contributed by atoms with Crippen molar-refractivity contribution in [2.75, 3.05) is 38.3 Å². The average Bonchev–Trinajstić information content (AvgIpc) is 2.86. The van der Waals surface area contributed by atoms with Crippen LogP contribution < -0.4 is 10.6 Å². The van der Waals surface area contributed by atoms with Gasteiger partial charge in [0.1, 0.15) is 0 Å². The predicted octanol–water partition coefficient (Wildman–Crippen LogP) is 6.02. The van der Waals surface area contributed by atoms with Crippen LogP contribution in [0.25, 0.3) is 22.0 Å². The van der Waals surface area contributed by atoms with Crippen molar-refractivity contribution in [1.82, 2.24) is 14.9 Å². The maximum atomic E-state index is 13.4. The van der Waals surface area contributed by atoms with Crippen molar-refractivity contribution in [3.8, 4) is 11.1 Å². The number of aromatic nitrogens is 2. The van der Waals surface area contributed by atoms with E-state index in [4.69, 9.17) is 0 Å². The topological polar surface area (TPSA) is 70.2 Å². The maximum Gasteiger partial charge on any atom is 0.416 e. The monoisotopic (exact) mass is 507 g/mol. The van der Waals surface area contributed by atoms with Gasteiger partial charge in [-0.1, -0.05) is 18.2 Å². The number of halogens is 3. The molecule has 4 aromatic rings. The molecule has 37 heavy (non-hydrogen) atoms. The molecule has 0 bridgehead atoms. The van der Waals surface area contributed by atoms with E-state index in [0.29, 0.717) is 30.0 Å². The second-order valence-corrected chi connectivity index (χ2v) is 9.12. The highest BCUT2D eigenvalue weighted by atomic mass is 19.4. The number of hydrogen-bond donors (Lipinski definition) is 2. The lowest BCUT2D eigenvalue weighted by Crippen LogP contribution is -2.18. The molecule has 2 N–H and O–H groups in total. The van der Waals surface area contributed by atoms with Crippen LogP contribution in [0, 0.1) is 6.92 Å². The zero-order valence-electron chi connectivity index (χ0n) is 21.1. The van der Waals surface area contributed by atoms with Crippen molar-refractivity contribution in [1.29, 1.82) is 0 Å². The lowest BCUT2D eigenvalue weighted by Gasteiger charge is -2.17. The van der Waals surface area contributed by atoms with Gasteiger partial charge in [-0.25, -0.2) is 9.97 Å². The largest absolute Gasteiger partial charge is 0.416 e. The Hall–Kier alpha value is -3.98. The van der Waals surface area contributed by atoms with Crippen LogP contribution >= 0.6 is 0 Å². The summed E-state index contributed by atoms with van der Waals surface area (Å²) in [5.41, 5.74) is 3.79. The molecule has 1 aromatic heterocycles. The first-order valence-corrected chi connectivity index (χ1v) is 11.8. The van der Waals surface area contributed by atoms with Crippen molar-refractivity contribution in [3.63, 3.8) is 0 Å². The fourth-order valence-corrected chi connectivity index (χ4v) is 4.02. The van der Waals surface area contributed by atoms with Gasteiger partial charge in [-0.3, -0.25) is 4.79 Å². The lowest BCUT2D eigenvalue weighted by atomic mass is 9.96. The molecule has 9 heteroatoms. The number of benzene rings is 3. The standard InChI is InChI=1S/C28H28F3N5O/c1-17-5-6-20(14-23(17)19-8-10-24-21(13-19)16-33-27(32-2)35-24)26(37)34-25-15-22(28(29,30)31)9-7-18(25)11-12-36(3)4/h5-10,13-16H,11-12H2,1-4H3,(H,34,37)(H,32,33,35). The number of anilines is 2. The Bertz CT molecular complexity index is 1450. The summed E-state index contributed by atoms with van der Waals surface area (Å²) in [4.78, 5) is 23.8. The first-order valence-electron chi connectivity index (χ1n) is 11.8. The first kappa shape index (κ1) is 26.1. The van der Waals surface area contributed by atoms with Crippen molar-refractivity contribution in [2.45, 2.75) is 19.5 Å². The van der Waals surface area contributed by atoms with E-state index < -0.39 is 17.6 Å². The summed E-state index contributed by atoms with van der Waals surface area (Å²) in [6.45, 7) is 2.57. The lowest BCUT2D eigenvalue weighted by molar-refractivity contribution is -0.137. The van der Waals surface area contributed by atoms with Crippen LogP contribution in [0.1, 0.15) is 27.0 Å². The van der Waals surface area contributed by atoms with E-state index in [1.165, 1.54) is 6.07 Å². The molecule has 0 saturated carbocycles. The van der Waals surface area contributed by atoms with Crippen LogP contribution in [0.5, 0.6) is 0 Å². The highest BCUT2D eigenvalue weighted by molar-refractivity contribution is 6.05.